The van der Waals surface area contributed by atoms with Gasteiger partial charge in [-0.05, 0) is 53.6 Å². The molecule has 3 aliphatic heterocycles. The van der Waals surface area contributed by atoms with Crippen molar-refractivity contribution in [2.75, 3.05) is 24.5 Å². The van der Waals surface area contributed by atoms with Gasteiger partial charge < -0.3 is 10.0 Å². The number of rotatable bonds is 3. The van der Waals surface area contributed by atoms with Crippen molar-refractivity contribution in [3.8, 4) is 5.75 Å². The summed E-state index contributed by atoms with van der Waals surface area (Å²) in [4.78, 5) is 29.3. The molecule has 0 aromatic heterocycles. The summed E-state index contributed by atoms with van der Waals surface area (Å²) in [6.45, 7) is 14.5. The van der Waals surface area contributed by atoms with E-state index in [-0.39, 0.29) is 33.8 Å². The van der Waals surface area contributed by atoms with Crippen LogP contribution in [0.2, 0.25) is 0 Å². The van der Waals surface area contributed by atoms with Gasteiger partial charge in [-0.1, -0.05) is 33.8 Å². The number of amides is 2. The Hall–Kier alpha value is -2.67. The van der Waals surface area contributed by atoms with Crippen molar-refractivity contribution in [2.24, 2.45) is 0 Å². The van der Waals surface area contributed by atoms with Gasteiger partial charge in [0.15, 0.2) is 5.11 Å². The lowest BCUT2D eigenvalue weighted by Crippen LogP contribution is -2.53. The molecule has 31 heavy (non-hydrogen) atoms. The van der Waals surface area contributed by atoms with Gasteiger partial charge in [-0.3, -0.25) is 19.8 Å². The molecule has 0 saturated carbocycles. The highest BCUT2D eigenvalue weighted by molar-refractivity contribution is 7.80. The summed E-state index contributed by atoms with van der Waals surface area (Å²) in [6.07, 6.45) is 4.98. The SMILES string of the molecule is C=CCN1C(=O)C(=Cc2cc3c4c(c2O)C(C)(C)CCN4CCC3(C)C)C(=O)NC1=S. The maximum absolute atomic E-state index is 13.0. The Bertz CT molecular complexity index is 1050. The number of phenols is 1. The van der Waals surface area contributed by atoms with Gasteiger partial charge in [0.05, 0.1) is 0 Å². The van der Waals surface area contributed by atoms with Crippen molar-refractivity contribution in [2.45, 2.75) is 51.4 Å². The van der Waals surface area contributed by atoms with E-state index < -0.39 is 11.8 Å². The number of carbonyl (C=O) groups excluding carboxylic acids is 2. The lowest BCUT2D eigenvalue weighted by molar-refractivity contribution is -0.128. The second-order valence-electron chi connectivity index (χ2n) is 9.86. The predicted octanol–water partition coefficient (Wildman–Crippen LogP) is 3.37. The maximum atomic E-state index is 13.0. The number of hydrogen-bond acceptors (Lipinski definition) is 5. The molecule has 1 aromatic rings. The third kappa shape index (κ3) is 3.35. The summed E-state index contributed by atoms with van der Waals surface area (Å²) in [5.41, 5.74) is 3.31. The first kappa shape index (κ1) is 21.6. The fourth-order valence-electron chi connectivity index (χ4n) is 4.85. The average Bonchev–Trinajstić information content (AvgIpc) is 2.68. The third-order valence-electron chi connectivity index (χ3n) is 6.83. The van der Waals surface area contributed by atoms with E-state index in [4.69, 9.17) is 12.2 Å². The minimum absolute atomic E-state index is 0.0445. The first-order valence-electron chi connectivity index (χ1n) is 10.6. The number of nitrogens with one attached hydrogen (secondary N) is 1. The van der Waals surface area contributed by atoms with E-state index in [1.807, 2.05) is 6.07 Å². The number of aromatic hydroxyl groups is 1. The number of anilines is 1. The van der Waals surface area contributed by atoms with Gasteiger partial charge in [0.2, 0.25) is 0 Å². The highest BCUT2D eigenvalue weighted by Gasteiger charge is 2.42. The zero-order valence-corrected chi connectivity index (χ0v) is 19.4. The number of nitrogens with zero attached hydrogens (tertiary/aromatic N) is 2. The first-order chi connectivity index (χ1) is 14.5. The van der Waals surface area contributed by atoms with Gasteiger partial charge in [0, 0.05) is 36.4 Å². The van der Waals surface area contributed by atoms with E-state index >= 15 is 0 Å². The number of hydrogen-bond donors (Lipinski definition) is 2. The zero-order valence-electron chi connectivity index (χ0n) is 18.5. The van der Waals surface area contributed by atoms with Gasteiger partial charge >= 0.3 is 0 Å². The summed E-state index contributed by atoms with van der Waals surface area (Å²) in [7, 11) is 0. The minimum atomic E-state index is -0.554. The number of thiocarbonyl (C=S) groups is 1. The molecular weight excluding hydrogens is 410 g/mol. The van der Waals surface area contributed by atoms with Crippen molar-refractivity contribution < 1.29 is 14.7 Å². The Morgan fingerprint density at radius 3 is 2.48 bits per heavy atom. The van der Waals surface area contributed by atoms with Crippen LogP contribution in [0.3, 0.4) is 0 Å². The van der Waals surface area contributed by atoms with Crippen molar-refractivity contribution >= 4 is 40.9 Å². The molecule has 7 heteroatoms. The van der Waals surface area contributed by atoms with Crippen LogP contribution in [-0.2, 0) is 20.4 Å². The molecule has 164 valence electrons. The maximum Gasteiger partial charge on any atom is 0.265 e. The molecule has 0 unspecified atom stereocenters. The van der Waals surface area contributed by atoms with E-state index in [1.54, 1.807) is 6.08 Å². The van der Waals surface area contributed by atoms with Crippen molar-refractivity contribution in [3.05, 3.63) is 41.0 Å². The summed E-state index contributed by atoms with van der Waals surface area (Å²) in [5.74, 6) is -0.900. The van der Waals surface area contributed by atoms with Crippen molar-refractivity contribution in [1.29, 1.82) is 0 Å². The van der Waals surface area contributed by atoms with Gasteiger partial charge in [0.1, 0.15) is 11.3 Å². The lowest BCUT2D eigenvalue weighted by atomic mass is 9.68. The van der Waals surface area contributed by atoms with E-state index in [0.717, 1.165) is 42.7 Å². The summed E-state index contributed by atoms with van der Waals surface area (Å²) in [5, 5.41) is 14.0. The smallest absolute Gasteiger partial charge is 0.265 e. The lowest BCUT2D eigenvalue weighted by Gasteiger charge is -2.48. The Labute approximate surface area is 188 Å². The topological polar surface area (TPSA) is 72.9 Å². The Morgan fingerprint density at radius 2 is 1.84 bits per heavy atom. The summed E-state index contributed by atoms with van der Waals surface area (Å²) in [6, 6.07) is 1.94. The van der Waals surface area contributed by atoms with Gasteiger partial charge in [-0.15, -0.1) is 6.58 Å². The van der Waals surface area contributed by atoms with Crippen LogP contribution in [0.4, 0.5) is 5.69 Å². The molecule has 1 saturated heterocycles. The molecule has 1 aromatic carbocycles. The molecule has 4 rings (SSSR count). The van der Waals surface area contributed by atoms with Crippen molar-refractivity contribution in [3.63, 3.8) is 0 Å². The number of carbonyl (C=O) groups is 2. The predicted molar refractivity (Wildman–Crippen MR) is 126 cm³/mol. The van der Waals surface area contributed by atoms with Crippen LogP contribution in [0.25, 0.3) is 6.08 Å². The fraction of sp³-hybridized carbons (Fsp3) is 0.458. The highest BCUT2D eigenvalue weighted by atomic mass is 32.1. The molecule has 2 amide bonds. The second kappa shape index (κ2) is 7.19. The van der Waals surface area contributed by atoms with Crippen LogP contribution in [0.1, 0.15) is 57.2 Å². The molecular formula is C24H29N3O3S. The van der Waals surface area contributed by atoms with Gasteiger partial charge in [-0.2, -0.15) is 0 Å². The monoisotopic (exact) mass is 439 g/mol. The zero-order chi connectivity index (χ0) is 22.7. The van der Waals surface area contributed by atoms with Gasteiger partial charge in [-0.25, -0.2) is 0 Å². The number of phenolic OH excluding ortho intramolecular Hbond substituents is 1. The molecule has 0 bridgehead atoms. The summed E-state index contributed by atoms with van der Waals surface area (Å²) >= 11 is 5.13. The molecule has 0 radical (unpaired) electrons. The fourth-order valence-corrected chi connectivity index (χ4v) is 5.10. The van der Waals surface area contributed by atoms with Crippen molar-refractivity contribution in [1.82, 2.24) is 10.2 Å². The van der Waals surface area contributed by atoms with E-state index in [0.29, 0.717) is 5.56 Å². The molecule has 2 N–H and O–H groups in total. The van der Waals surface area contributed by atoms with Crippen LogP contribution >= 0.6 is 12.2 Å². The molecule has 3 heterocycles. The molecule has 0 atom stereocenters. The van der Waals surface area contributed by atoms with Crippen LogP contribution in [-0.4, -0.2) is 46.6 Å². The minimum Gasteiger partial charge on any atom is -0.507 e. The molecule has 3 aliphatic rings. The number of benzene rings is 1. The van der Waals surface area contributed by atoms with Crippen LogP contribution in [0, 0.1) is 0 Å². The van der Waals surface area contributed by atoms with E-state index in [1.165, 1.54) is 11.0 Å². The molecule has 0 spiro atoms. The van der Waals surface area contributed by atoms with Crippen LogP contribution < -0.4 is 10.2 Å². The molecule has 0 aliphatic carbocycles. The Morgan fingerprint density at radius 1 is 1.19 bits per heavy atom. The standard InChI is InChI=1S/C24H29N3O3S/c1-6-9-27-21(30)15(20(29)25-22(27)31)12-14-13-16-18-17(19(14)28)24(4,5)8-11-26(18)10-7-23(16,2)3/h6,12-13,28H,1,7-11H2,2-5H3,(H,25,29,31). The normalized spacial score (nSPS) is 23.0. The Balaban J connectivity index is 1.93. The van der Waals surface area contributed by atoms with E-state index in [9.17, 15) is 14.7 Å². The van der Waals surface area contributed by atoms with E-state index in [2.05, 4.69) is 44.5 Å². The van der Waals surface area contributed by atoms with Crippen LogP contribution in [0.5, 0.6) is 5.75 Å². The first-order valence-corrected chi connectivity index (χ1v) is 11.0. The highest BCUT2D eigenvalue weighted by Crippen LogP contribution is 2.53. The summed E-state index contributed by atoms with van der Waals surface area (Å²) < 4.78 is 0. The molecule has 1 fully saturated rings. The quantitative estimate of drug-likeness (QED) is 0.327. The van der Waals surface area contributed by atoms with Gasteiger partial charge in [0.25, 0.3) is 11.8 Å². The Kier molecular flexibility index (Phi) is 5.00. The largest absolute Gasteiger partial charge is 0.507 e. The third-order valence-corrected chi connectivity index (χ3v) is 7.16. The molecule has 6 nitrogen and oxygen atoms in total. The average molecular weight is 440 g/mol. The second-order valence-corrected chi connectivity index (χ2v) is 10.2. The van der Waals surface area contributed by atoms with Crippen LogP contribution in [0.15, 0.2) is 24.3 Å².